The standard InChI is InChI=1S/C17H16ClN3O3/c1-17(2)15(22)20-13-9-10(7-8-14(13)24-17)19-16(23)21-12-6-4-3-5-11(12)18/h3-9H,1-2H3,(H,20,22)(H2,19,21,23). The van der Waals surface area contributed by atoms with Gasteiger partial charge in [0.05, 0.1) is 16.4 Å². The van der Waals surface area contributed by atoms with Crippen molar-refractivity contribution >= 4 is 40.6 Å². The van der Waals surface area contributed by atoms with Crippen LogP contribution in [0.1, 0.15) is 13.8 Å². The molecule has 3 amide bonds. The third-order valence-corrected chi connectivity index (χ3v) is 3.85. The molecule has 6 nitrogen and oxygen atoms in total. The van der Waals surface area contributed by atoms with E-state index in [-0.39, 0.29) is 5.91 Å². The number of para-hydroxylation sites is 1. The van der Waals surface area contributed by atoms with Crippen LogP contribution in [0.2, 0.25) is 5.02 Å². The van der Waals surface area contributed by atoms with Crippen molar-refractivity contribution in [1.82, 2.24) is 0 Å². The molecule has 24 heavy (non-hydrogen) atoms. The minimum absolute atomic E-state index is 0.243. The molecule has 0 atom stereocenters. The number of benzene rings is 2. The third kappa shape index (κ3) is 3.28. The fourth-order valence-corrected chi connectivity index (χ4v) is 2.42. The SMILES string of the molecule is CC1(C)Oc2ccc(NC(=O)Nc3ccccc3Cl)cc2NC1=O. The van der Waals surface area contributed by atoms with Crippen molar-refractivity contribution < 1.29 is 14.3 Å². The lowest BCUT2D eigenvalue weighted by Crippen LogP contribution is -2.45. The number of hydrogen-bond acceptors (Lipinski definition) is 3. The molecule has 124 valence electrons. The molecule has 2 aromatic carbocycles. The van der Waals surface area contributed by atoms with Gasteiger partial charge < -0.3 is 20.7 Å². The van der Waals surface area contributed by atoms with Gasteiger partial charge in [0, 0.05) is 5.69 Å². The molecule has 1 aliphatic rings. The maximum absolute atomic E-state index is 12.1. The summed E-state index contributed by atoms with van der Waals surface area (Å²) in [6, 6.07) is 11.5. The van der Waals surface area contributed by atoms with E-state index in [9.17, 15) is 9.59 Å². The number of hydrogen-bond donors (Lipinski definition) is 3. The Morgan fingerprint density at radius 1 is 1.17 bits per heavy atom. The number of nitrogens with one attached hydrogen (secondary N) is 3. The minimum Gasteiger partial charge on any atom is -0.476 e. The zero-order valence-corrected chi connectivity index (χ0v) is 13.9. The average molecular weight is 346 g/mol. The number of anilines is 3. The minimum atomic E-state index is -0.927. The van der Waals surface area contributed by atoms with Gasteiger partial charge in [-0.25, -0.2) is 4.79 Å². The first kappa shape index (κ1) is 16.1. The molecular formula is C17H16ClN3O3. The molecule has 0 spiro atoms. The van der Waals surface area contributed by atoms with E-state index in [1.54, 1.807) is 56.3 Å². The van der Waals surface area contributed by atoms with Crippen molar-refractivity contribution in [3.8, 4) is 5.75 Å². The molecular weight excluding hydrogens is 330 g/mol. The number of carbonyl (C=O) groups excluding carboxylic acids is 2. The number of halogens is 1. The van der Waals surface area contributed by atoms with E-state index in [2.05, 4.69) is 16.0 Å². The summed E-state index contributed by atoms with van der Waals surface area (Å²) in [7, 11) is 0. The summed E-state index contributed by atoms with van der Waals surface area (Å²) < 4.78 is 5.65. The molecule has 0 aromatic heterocycles. The number of ether oxygens (including phenoxy) is 1. The van der Waals surface area contributed by atoms with Gasteiger partial charge in [-0.2, -0.15) is 0 Å². The second kappa shape index (κ2) is 6.05. The van der Waals surface area contributed by atoms with Crippen LogP contribution >= 0.6 is 11.6 Å². The molecule has 0 fully saturated rings. The van der Waals surface area contributed by atoms with Gasteiger partial charge in [0.15, 0.2) is 5.60 Å². The average Bonchev–Trinajstić information content (AvgIpc) is 2.51. The number of amides is 3. The predicted octanol–water partition coefficient (Wildman–Crippen LogP) is 4.09. The van der Waals surface area contributed by atoms with Crippen molar-refractivity contribution in [2.45, 2.75) is 19.4 Å². The van der Waals surface area contributed by atoms with Crippen LogP contribution in [-0.2, 0) is 4.79 Å². The van der Waals surface area contributed by atoms with Crippen LogP contribution < -0.4 is 20.7 Å². The zero-order valence-electron chi connectivity index (χ0n) is 13.1. The summed E-state index contributed by atoms with van der Waals surface area (Å²) >= 11 is 6.00. The van der Waals surface area contributed by atoms with Gasteiger partial charge in [-0.05, 0) is 44.2 Å². The van der Waals surface area contributed by atoms with Crippen molar-refractivity contribution in [2.75, 3.05) is 16.0 Å². The van der Waals surface area contributed by atoms with Crippen molar-refractivity contribution in [1.29, 1.82) is 0 Å². The van der Waals surface area contributed by atoms with Gasteiger partial charge in [0.25, 0.3) is 5.91 Å². The van der Waals surface area contributed by atoms with E-state index >= 15 is 0 Å². The fraction of sp³-hybridized carbons (Fsp3) is 0.176. The lowest BCUT2D eigenvalue weighted by atomic mass is 10.1. The van der Waals surface area contributed by atoms with Crippen molar-refractivity contribution in [2.24, 2.45) is 0 Å². The number of urea groups is 1. The highest BCUT2D eigenvalue weighted by atomic mass is 35.5. The van der Waals surface area contributed by atoms with Gasteiger partial charge in [0.2, 0.25) is 0 Å². The second-order valence-corrected chi connectivity index (χ2v) is 6.24. The maximum atomic E-state index is 12.1. The molecule has 0 saturated carbocycles. The molecule has 0 aliphatic carbocycles. The smallest absolute Gasteiger partial charge is 0.323 e. The van der Waals surface area contributed by atoms with E-state index < -0.39 is 11.6 Å². The van der Waals surface area contributed by atoms with Gasteiger partial charge in [-0.15, -0.1) is 0 Å². The first-order valence-electron chi connectivity index (χ1n) is 7.32. The van der Waals surface area contributed by atoms with Crippen LogP contribution in [-0.4, -0.2) is 17.5 Å². The molecule has 0 saturated heterocycles. The van der Waals surface area contributed by atoms with Crippen LogP contribution in [0.5, 0.6) is 5.75 Å². The van der Waals surface area contributed by atoms with Crippen LogP contribution in [0.25, 0.3) is 0 Å². The van der Waals surface area contributed by atoms with Gasteiger partial charge >= 0.3 is 6.03 Å². The van der Waals surface area contributed by atoms with Crippen LogP contribution in [0.4, 0.5) is 21.9 Å². The fourth-order valence-electron chi connectivity index (χ4n) is 2.24. The molecule has 7 heteroatoms. The quantitative estimate of drug-likeness (QED) is 0.766. The second-order valence-electron chi connectivity index (χ2n) is 5.84. The number of carbonyl (C=O) groups is 2. The van der Waals surface area contributed by atoms with Crippen LogP contribution in [0, 0.1) is 0 Å². The largest absolute Gasteiger partial charge is 0.476 e. The molecule has 3 rings (SSSR count). The van der Waals surface area contributed by atoms with E-state index in [1.165, 1.54) is 0 Å². The Bertz CT molecular complexity index is 820. The summed E-state index contributed by atoms with van der Waals surface area (Å²) in [6.45, 7) is 3.38. The third-order valence-electron chi connectivity index (χ3n) is 3.52. The van der Waals surface area contributed by atoms with E-state index in [1.807, 2.05) is 0 Å². The monoisotopic (exact) mass is 345 g/mol. The molecule has 2 aromatic rings. The highest BCUT2D eigenvalue weighted by Crippen LogP contribution is 2.35. The lowest BCUT2D eigenvalue weighted by Gasteiger charge is -2.31. The van der Waals surface area contributed by atoms with Gasteiger partial charge in [-0.1, -0.05) is 23.7 Å². The zero-order chi connectivity index (χ0) is 17.3. The Kier molecular flexibility index (Phi) is 4.07. The highest BCUT2D eigenvalue weighted by Gasteiger charge is 2.35. The summed E-state index contributed by atoms with van der Waals surface area (Å²) in [4.78, 5) is 24.0. The Labute approximate surface area is 144 Å². The molecule has 1 heterocycles. The molecule has 1 aliphatic heterocycles. The van der Waals surface area contributed by atoms with Crippen LogP contribution in [0.15, 0.2) is 42.5 Å². The molecule has 0 unspecified atom stereocenters. The Hall–Kier alpha value is -2.73. The Morgan fingerprint density at radius 2 is 1.92 bits per heavy atom. The van der Waals surface area contributed by atoms with Gasteiger partial charge in [-0.3, -0.25) is 4.79 Å². The summed E-state index contributed by atoms with van der Waals surface area (Å²) in [6.07, 6.45) is 0. The predicted molar refractivity (Wildman–Crippen MR) is 93.9 cm³/mol. The van der Waals surface area contributed by atoms with E-state index in [4.69, 9.17) is 16.3 Å². The number of rotatable bonds is 2. The Morgan fingerprint density at radius 3 is 2.67 bits per heavy atom. The maximum Gasteiger partial charge on any atom is 0.323 e. The van der Waals surface area contributed by atoms with E-state index in [0.29, 0.717) is 27.8 Å². The van der Waals surface area contributed by atoms with Gasteiger partial charge in [0.1, 0.15) is 5.75 Å². The van der Waals surface area contributed by atoms with Crippen LogP contribution in [0.3, 0.4) is 0 Å². The molecule has 0 radical (unpaired) electrons. The number of fused-ring (bicyclic) bond motifs is 1. The summed E-state index contributed by atoms with van der Waals surface area (Å²) in [5.41, 5.74) is 0.605. The van der Waals surface area contributed by atoms with Crippen molar-refractivity contribution in [3.63, 3.8) is 0 Å². The first-order valence-corrected chi connectivity index (χ1v) is 7.70. The lowest BCUT2D eigenvalue weighted by molar-refractivity contribution is -0.129. The topological polar surface area (TPSA) is 79.5 Å². The summed E-state index contributed by atoms with van der Waals surface area (Å²) in [5, 5.41) is 8.56. The Balaban J connectivity index is 1.73. The van der Waals surface area contributed by atoms with E-state index in [0.717, 1.165) is 0 Å². The first-order chi connectivity index (χ1) is 11.3. The van der Waals surface area contributed by atoms with Crippen molar-refractivity contribution in [3.05, 3.63) is 47.5 Å². The summed E-state index contributed by atoms with van der Waals surface area (Å²) in [5.74, 6) is 0.310. The molecule has 3 N–H and O–H groups in total. The normalized spacial score (nSPS) is 14.9. The molecule has 0 bridgehead atoms. The highest BCUT2D eigenvalue weighted by molar-refractivity contribution is 6.33.